The van der Waals surface area contributed by atoms with Crippen LogP contribution in [0.1, 0.15) is 22.3 Å². The molecule has 2 aliphatic heterocycles. The van der Waals surface area contributed by atoms with Gasteiger partial charge in [0.2, 0.25) is 5.91 Å². The first-order valence-corrected chi connectivity index (χ1v) is 10.8. The second-order valence-corrected chi connectivity index (χ2v) is 7.97. The van der Waals surface area contributed by atoms with Crippen molar-refractivity contribution in [2.24, 2.45) is 5.16 Å². The smallest absolute Gasteiger partial charge is 0.281 e. The Bertz CT molecular complexity index is 1370. The van der Waals surface area contributed by atoms with E-state index < -0.39 is 11.7 Å². The third-order valence-corrected chi connectivity index (χ3v) is 5.66. The summed E-state index contributed by atoms with van der Waals surface area (Å²) in [5.74, 6) is -0.920. The maximum absolute atomic E-state index is 14.2. The number of benzene rings is 3. The zero-order chi connectivity index (χ0) is 24.4. The minimum atomic E-state index is -0.556. The second kappa shape index (κ2) is 9.40. The van der Waals surface area contributed by atoms with Gasteiger partial charge < -0.3 is 24.9 Å². The standard InChI is InChI=1S/C26H20FN3O5/c27-19-10-17(25-18(11-19)14-34-15-35-25)13-30-22-8-7-20(12-21(22)24(29-33)26(30)32)28-23(31)9-6-16-4-2-1-3-5-16/h1-12,33H,13-15H2,(H,28,31)/b9-6+,29-24-. The summed E-state index contributed by atoms with van der Waals surface area (Å²) in [7, 11) is 0. The van der Waals surface area contributed by atoms with Gasteiger partial charge >= 0.3 is 0 Å². The first-order valence-electron chi connectivity index (χ1n) is 10.8. The molecule has 3 aromatic carbocycles. The number of nitrogens with one attached hydrogen (secondary N) is 1. The van der Waals surface area contributed by atoms with E-state index in [0.29, 0.717) is 33.8 Å². The first-order chi connectivity index (χ1) is 17.0. The van der Waals surface area contributed by atoms with Crippen LogP contribution in [-0.4, -0.2) is 29.5 Å². The molecule has 5 rings (SSSR count). The quantitative estimate of drug-likeness (QED) is 0.331. The topological polar surface area (TPSA) is 100 Å². The van der Waals surface area contributed by atoms with Gasteiger partial charge in [0.1, 0.15) is 11.6 Å². The molecule has 0 spiro atoms. The Morgan fingerprint density at radius 1 is 1.17 bits per heavy atom. The molecule has 2 aliphatic rings. The second-order valence-electron chi connectivity index (χ2n) is 7.97. The van der Waals surface area contributed by atoms with Gasteiger partial charge in [-0.2, -0.15) is 0 Å². The van der Waals surface area contributed by atoms with Crippen LogP contribution in [0.2, 0.25) is 0 Å². The highest BCUT2D eigenvalue weighted by atomic mass is 19.1. The molecule has 2 heterocycles. The van der Waals surface area contributed by atoms with Gasteiger partial charge in [-0.05, 0) is 42.0 Å². The molecule has 2 N–H and O–H groups in total. The highest BCUT2D eigenvalue weighted by molar-refractivity contribution is 6.54. The van der Waals surface area contributed by atoms with Crippen LogP contribution in [0.15, 0.2) is 71.9 Å². The normalized spacial score (nSPS) is 15.7. The van der Waals surface area contributed by atoms with Crippen LogP contribution < -0.4 is 15.0 Å². The fourth-order valence-corrected chi connectivity index (χ4v) is 4.11. The van der Waals surface area contributed by atoms with Crippen molar-refractivity contribution >= 4 is 35.0 Å². The molecule has 0 fully saturated rings. The third-order valence-electron chi connectivity index (χ3n) is 5.66. The van der Waals surface area contributed by atoms with E-state index in [1.807, 2.05) is 30.3 Å². The summed E-state index contributed by atoms with van der Waals surface area (Å²) in [5, 5.41) is 15.4. The van der Waals surface area contributed by atoms with Gasteiger partial charge in [0.05, 0.1) is 18.8 Å². The Morgan fingerprint density at radius 2 is 2.00 bits per heavy atom. The Kier molecular flexibility index (Phi) is 5.99. The van der Waals surface area contributed by atoms with Crippen LogP contribution in [-0.2, 0) is 27.5 Å². The van der Waals surface area contributed by atoms with E-state index in [1.54, 1.807) is 24.3 Å². The molecule has 0 atom stereocenters. The predicted octanol–water partition coefficient (Wildman–Crippen LogP) is 4.07. The zero-order valence-corrected chi connectivity index (χ0v) is 18.4. The molecule has 0 radical (unpaired) electrons. The fraction of sp³-hybridized carbons (Fsp3) is 0.115. The summed E-state index contributed by atoms with van der Waals surface area (Å²) < 4.78 is 25.0. The summed E-state index contributed by atoms with van der Waals surface area (Å²) in [4.78, 5) is 26.8. The summed E-state index contributed by atoms with van der Waals surface area (Å²) in [6, 6.07) is 16.8. The van der Waals surface area contributed by atoms with Crippen LogP contribution in [0.3, 0.4) is 0 Å². The fourth-order valence-electron chi connectivity index (χ4n) is 4.11. The van der Waals surface area contributed by atoms with E-state index in [-0.39, 0.29) is 31.6 Å². The zero-order valence-electron chi connectivity index (χ0n) is 18.4. The van der Waals surface area contributed by atoms with Gasteiger partial charge in [-0.25, -0.2) is 4.39 Å². The lowest BCUT2D eigenvalue weighted by Crippen LogP contribution is -2.30. The molecule has 0 aliphatic carbocycles. The van der Waals surface area contributed by atoms with Crippen LogP contribution in [0.25, 0.3) is 6.08 Å². The number of amides is 2. The number of halogens is 1. The van der Waals surface area contributed by atoms with E-state index in [1.165, 1.54) is 23.1 Å². The molecule has 0 saturated heterocycles. The van der Waals surface area contributed by atoms with Gasteiger partial charge in [0, 0.05) is 28.5 Å². The van der Waals surface area contributed by atoms with E-state index >= 15 is 0 Å². The number of rotatable bonds is 5. The minimum Gasteiger partial charge on any atom is -0.467 e. The Balaban J connectivity index is 1.40. The van der Waals surface area contributed by atoms with Crippen LogP contribution in [0.5, 0.6) is 5.75 Å². The van der Waals surface area contributed by atoms with Gasteiger partial charge in [0.25, 0.3) is 5.91 Å². The molecule has 9 heteroatoms. The number of carbonyl (C=O) groups excluding carboxylic acids is 2. The van der Waals surface area contributed by atoms with Crippen molar-refractivity contribution in [2.75, 3.05) is 17.0 Å². The number of hydrogen-bond acceptors (Lipinski definition) is 6. The molecule has 2 amide bonds. The maximum atomic E-state index is 14.2. The van der Waals surface area contributed by atoms with E-state index in [0.717, 1.165) is 5.56 Å². The van der Waals surface area contributed by atoms with Gasteiger partial charge in [-0.3, -0.25) is 9.59 Å². The van der Waals surface area contributed by atoms with Crippen molar-refractivity contribution in [1.82, 2.24) is 0 Å². The van der Waals surface area contributed by atoms with Crippen molar-refractivity contribution in [2.45, 2.75) is 13.2 Å². The third kappa shape index (κ3) is 4.49. The van der Waals surface area contributed by atoms with Crippen molar-refractivity contribution in [3.8, 4) is 5.75 Å². The largest absolute Gasteiger partial charge is 0.467 e. The summed E-state index contributed by atoms with van der Waals surface area (Å²) >= 11 is 0. The molecule has 3 aromatic rings. The molecule has 0 bridgehead atoms. The number of fused-ring (bicyclic) bond motifs is 2. The molecule has 0 aromatic heterocycles. The van der Waals surface area contributed by atoms with Gasteiger partial charge in [-0.1, -0.05) is 35.5 Å². The average molecular weight is 473 g/mol. The van der Waals surface area contributed by atoms with Crippen LogP contribution >= 0.6 is 0 Å². The van der Waals surface area contributed by atoms with Crippen LogP contribution in [0.4, 0.5) is 15.8 Å². The highest BCUT2D eigenvalue weighted by Gasteiger charge is 2.36. The number of hydrogen-bond donors (Lipinski definition) is 2. The summed E-state index contributed by atoms with van der Waals surface area (Å²) in [6.45, 7) is 0.230. The lowest BCUT2D eigenvalue weighted by atomic mass is 10.1. The first kappa shape index (κ1) is 22.3. The molecule has 176 valence electrons. The average Bonchev–Trinajstić information content (AvgIpc) is 3.13. The summed E-state index contributed by atoms with van der Waals surface area (Å²) in [6.07, 6.45) is 3.08. The predicted molar refractivity (Wildman–Crippen MR) is 127 cm³/mol. The lowest BCUT2D eigenvalue weighted by molar-refractivity contribution is -0.113. The molecule has 8 nitrogen and oxygen atoms in total. The number of oxime groups is 1. The number of carbonyl (C=O) groups is 2. The summed E-state index contributed by atoms with van der Waals surface area (Å²) in [5.41, 5.74) is 2.95. The molecule has 0 unspecified atom stereocenters. The molecule has 35 heavy (non-hydrogen) atoms. The Labute approximate surface area is 199 Å². The van der Waals surface area contributed by atoms with Crippen molar-refractivity contribution in [3.63, 3.8) is 0 Å². The Morgan fingerprint density at radius 3 is 2.80 bits per heavy atom. The molecular weight excluding hydrogens is 453 g/mol. The maximum Gasteiger partial charge on any atom is 0.281 e. The van der Waals surface area contributed by atoms with Crippen molar-refractivity contribution < 1.29 is 28.7 Å². The van der Waals surface area contributed by atoms with E-state index in [4.69, 9.17) is 9.47 Å². The number of ether oxygens (including phenoxy) is 2. The molecule has 0 saturated carbocycles. The van der Waals surface area contributed by atoms with Crippen molar-refractivity contribution in [3.05, 3.63) is 94.8 Å². The van der Waals surface area contributed by atoms with Crippen LogP contribution in [0, 0.1) is 5.82 Å². The Hall–Kier alpha value is -4.50. The van der Waals surface area contributed by atoms with Gasteiger partial charge in [0.15, 0.2) is 12.5 Å². The minimum absolute atomic E-state index is 0.00351. The highest BCUT2D eigenvalue weighted by Crippen LogP contribution is 2.36. The monoisotopic (exact) mass is 473 g/mol. The van der Waals surface area contributed by atoms with Gasteiger partial charge in [-0.15, -0.1) is 0 Å². The number of anilines is 2. The SMILES string of the molecule is O=C(/C=C/c1ccccc1)Nc1ccc2c(c1)/C(=N/O)C(=O)N2Cc1cc(F)cc2c1OCOC2. The number of nitrogens with zero attached hydrogens (tertiary/aromatic N) is 2. The molecular formula is C26H20FN3O5. The lowest BCUT2D eigenvalue weighted by Gasteiger charge is -2.24. The van der Waals surface area contributed by atoms with E-state index in [2.05, 4.69) is 10.5 Å². The van der Waals surface area contributed by atoms with Crippen molar-refractivity contribution in [1.29, 1.82) is 0 Å². The van der Waals surface area contributed by atoms with E-state index in [9.17, 15) is 19.2 Å².